The molecule has 4 aromatic heterocycles. The second-order valence-electron chi connectivity index (χ2n) is 8.90. The van der Waals surface area contributed by atoms with Crippen molar-refractivity contribution in [2.24, 2.45) is 0 Å². The Morgan fingerprint density at radius 3 is 2.69 bits per heavy atom. The van der Waals surface area contributed by atoms with Crippen molar-refractivity contribution in [3.8, 4) is 33.5 Å². The van der Waals surface area contributed by atoms with Gasteiger partial charge in [-0.1, -0.05) is 11.6 Å². The predicted octanol–water partition coefficient (Wildman–Crippen LogP) is 5.52. The fraction of sp³-hybridized carbons (Fsp3) is 0.185. The third-order valence-corrected chi connectivity index (χ3v) is 6.85. The summed E-state index contributed by atoms with van der Waals surface area (Å²) in [6, 6.07) is 12.3. The lowest BCUT2D eigenvalue weighted by atomic mass is 9.98. The van der Waals surface area contributed by atoms with Crippen molar-refractivity contribution in [3.63, 3.8) is 0 Å². The predicted molar refractivity (Wildman–Crippen MR) is 140 cm³/mol. The van der Waals surface area contributed by atoms with Crippen molar-refractivity contribution in [1.82, 2.24) is 30.0 Å². The van der Waals surface area contributed by atoms with Crippen molar-refractivity contribution in [2.75, 3.05) is 18.8 Å². The van der Waals surface area contributed by atoms with E-state index >= 15 is 0 Å². The van der Waals surface area contributed by atoms with Crippen LogP contribution in [0.4, 0.5) is 10.2 Å². The first-order chi connectivity index (χ1) is 17.6. The van der Waals surface area contributed by atoms with E-state index in [2.05, 4.69) is 31.6 Å². The number of nitrogen functional groups attached to an aromatic ring is 1. The Balaban J connectivity index is 1.48. The van der Waals surface area contributed by atoms with Crippen molar-refractivity contribution in [2.45, 2.75) is 18.9 Å². The minimum Gasteiger partial charge on any atom is -0.383 e. The van der Waals surface area contributed by atoms with E-state index in [1.54, 1.807) is 18.5 Å². The zero-order valence-corrected chi connectivity index (χ0v) is 20.1. The maximum Gasteiger partial charge on any atom is 0.160 e. The molecule has 5 heterocycles. The van der Waals surface area contributed by atoms with Crippen LogP contribution in [-0.4, -0.2) is 37.8 Å². The molecule has 7 nitrogen and oxygen atoms in total. The Morgan fingerprint density at radius 2 is 1.83 bits per heavy atom. The molecule has 0 radical (unpaired) electrons. The summed E-state index contributed by atoms with van der Waals surface area (Å²) < 4.78 is 16.8. The number of aromatic nitrogens is 5. The minimum absolute atomic E-state index is 0.294. The van der Waals surface area contributed by atoms with Gasteiger partial charge in [0.2, 0.25) is 0 Å². The molecule has 180 valence electrons. The number of piperidine rings is 1. The molecule has 1 fully saturated rings. The van der Waals surface area contributed by atoms with Gasteiger partial charge in [-0.3, -0.25) is 4.68 Å². The molecule has 6 rings (SSSR count). The number of pyridine rings is 3. The van der Waals surface area contributed by atoms with Crippen LogP contribution in [0.25, 0.3) is 44.5 Å². The van der Waals surface area contributed by atoms with Crippen LogP contribution in [0.2, 0.25) is 5.02 Å². The van der Waals surface area contributed by atoms with Crippen LogP contribution in [0.15, 0.2) is 67.3 Å². The monoisotopic (exact) mass is 499 g/mol. The summed E-state index contributed by atoms with van der Waals surface area (Å²) in [7, 11) is 0. The second kappa shape index (κ2) is 9.29. The van der Waals surface area contributed by atoms with Crippen LogP contribution >= 0.6 is 11.6 Å². The number of nitrogens with one attached hydrogen (secondary N) is 1. The molecule has 0 unspecified atom stereocenters. The van der Waals surface area contributed by atoms with E-state index in [0.717, 1.165) is 48.0 Å². The highest BCUT2D eigenvalue weighted by atomic mass is 35.5. The number of fused-ring (bicyclic) bond motifs is 1. The van der Waals surface area contributed by atoms with E-state index in [9.17, 15) is 4.39 Å². The highest BCUT2D eigenvalue weighted by Gasteiger charge is 2.19. The first-order valence-electron chi connectivity index (χ1n) is 11.8. The normalized spacial score (nSPS) is 14.4. The van der Waals surface area contributed by atoms with Gasteiger partial charge >= 0.3 is 0 Å². The maximum atomic E-state index is 14.7. The second-order valence-corrected chi connectivity index (χ2v) is 9.34. The lowest BCUT2D eigenvalue weighted by molar-refractivity contribution is 0.343. The molecule has 1 aromatic carbocycles. The Morgan fingerprint density at radius 1 is 0.972 bits per heavy atom. The summed E-state index contributed by atoms with van der Waals surface area (Å²) in [5, 5.41) is 9.22. The largest absolute Gasteiger partial charge is 0.383 e. The van der Waals surface area contributed by atoms with Gasteiger partial charge in [0.25, 0.3) is 0 Å². The third kappa shape index (κ3) is 4.19. The molecular formula is C27H23ClFN7. The van der Waals surface area contributed by atoms with E-state index in [1.807, 2.05) is 35.1 Å². The van der Waals surface area contributed by atoms with Crippen LogP contribution in [0, 0.1) is 5.82 Å². The molecule has 3 N–H and O–H groups in total. The summed E-state index contributed by atoms with van der Waals surface area (Å²) in [6.07, 6.45) is 9.42. The number of rotatable bonds is 4. The standard InChI is InChI=1S/C27H23ClFN7/c28-18-3-4-24(29)23(11-18)25-12-21(20-2-1-7-32-27(20)35-25)22-10-16(13-33-26(22)30)17-14-34-36(15-17)19-5-8-31-9-6-19/h1-4,7,10-15,19,31H,5-6,8-9H2,(H2,30,33). The van der Waals surface area contributed by atoms with Gasteiger partial charge in [0.1, 0.15) is 11.6 Å². The molecular weight excluding hydrogens is 477 g/mol. The number of hydrogen-bond donors (Lipinski definition) is 2. The number of benzene rings is 1. The van der Waals surface area contributed by atoms with Gasteiger partial charge in [0, 0.05) is 51.3 Å². The molecule has 1 aliphatic heterocycles. The SMILES string of the molecule is Nc1ncc(-c2cnn(C3CCNCC3)c2)cc1-c1cc(-c2cc(Cl)ccc2F)nc2ncccc12. The highest BCUT2D eigenvalue weighted by Crippen LogP contribution is 2.37. The van der Waals surface area contributed by atoms with E-state index in [1.165, 1.54) is 12.1 Å². The summed E-state index contributed by atoms with van der Waals surface area (Å²) in [5.41, 5.74) is 10.9. The number of nitrogens with zero attached hydrogens (tertiary/aromatic N) is 5. The van der Waals surface area contributed by atoms with Gasteiger partial charge < -0.3 is 11.1 Å². The van der Waals surface area contributed by atoms with E-state index < -0.39 is 5.82 Å². The molecule has 5 aromatic rings. The van der Waals surface area contributed by atoms with Gasteiger partial charge in [-0.25, -0.2) is 19.3 Å². The Labute approximate surface area is 212 Å². The zero-order chi connectivity index (χ0) is 24.6. The maximum absolute atomic E-state index is 14.7. The van der Waals surface area contributed by atoms with Crippen LogP contribution in [0.5, 0.6) is 0 Å². The minimum atomic E-state index is -0.418. The van der Waals surface area contributed by atoms with Crippen LogP contribution in [-0.2, 0) is 0 Å². The topological polar surface area (TPSA) is 94.5 Å². The lowest BCUT2D eigenvalue weighted by Gasteiger charge is -2.22. The number of anilines is 1. The molecule has 9 heteroatoms. The lowest BCUT2D eigenvalue weighted by Crippen LogP contribution is -2.29. The van der Waals surface area contributed by atoms with Crippen molar-refractivity contribution < 1.29 is 4.39 Å². The molecule has 36 heavy (non-hydrogen) atoms. The number of halogens is 2. The van der Waals surface area contributed by atoms with Crippen LogP contribution in [0.3, 0.4) is 0 Å². The first-order valence-corrected chi connectivity index (χ1v) is 12.2. The van der Waals surface area contributed by atoms with Gasteiger partial charge in [0.15, 0.2) is 5.65 Å². The van der Waals surface area contributed by atoms with Crippen molar-refractivity contribution in [1.29, 1.82) is 0 Å². The highest BCUT2D eigenvalue weighted by molar-refractivity contribution is 6.30. The van der Waals surface area contributed by atoms with E-state index in [0.29, 0.717) is 39.4 Å². The molecule has 0 bridgehead atoms. The third-order valence-electron chi connectivity index (χ3n) is 6.61. The smallest absolute Gasteiger partial charge is 0.160 e. The molecule has 0 aliphatic carbocycles. The Hall–Kier alpha value is -3.88. The average Bonchev–Trinajstić information content (AvgIpc) is 3.41. The molecule has 0 amide bonds. The average molecular weight is 500 g/mol. The molecule has 1 saturated heterocycles. The van der Waals surface area contributed by atoms with Gasteiger partial charge in [0.05, 0.1) is 17.9 Å². The number of hydrogen-bond acceptors (Lipinski definition) is 6. The van der Waals surface area contributed by atoms with Gasteiger partial charge in [-0.15, -0.1) is 0 Å². The van der Waals surface area contributed by atoms with Crippen LogP contribution < -0.4 is 11.1 Å². The molecule has 0 spiro atoms. The quantitative estimate of drug-likeness (QED) is 0.338. The van der Waals surface area contributed by atoms with Crippen LogP contribution in [0.1, 0.15) is 18.9 Å². The van der Waals surface area contributed by atoms with E-state index in [-0.39, 0.29) is 0 Å². The summed E-state index contributed by atoms with van der Waals surface area (Å²) in [5.74, 6) is -0.0586. The zero-order valence-electron chi connectivity index (χ0n) is 19.3. The molecule has 0 atom stereocenters. The van der Waals surface area contributed by atoms with Gasteiger partial charge in [-0.05, 0) is 74.0 Å². The molecule has 1 aliphatic rings. The number of nitrogens with two attached hydrogens (primary N) is 1. The summed E-state index contributed by atoms with van der Waals surface area (Å²) in [6.45, 7) is 1.98. The van der Waals surface area contributed by atoms with Crippen molar-refractivity contribution in [3.05, 3.63) is 78.1 Å². The fourth-order valence-electron chi connectivity index (χ4n) is 4.72. The fourth-order valence-corrected chi connectivity index (χ4v) is 4.89. The van der Waals surface area contributed by atoms with Crippen molar-refractivity contribution >= 4 is 28.5 Å². The first kappa shape index (κ1) is 22.6. The Kier molecular flexibility index (Phi) is 5.83. The Bertz CT molecular complexity index is 1580. The summed E-state index contributed by atoms with van der Waals surface area (Å²) in [4.78, 5) is 13.5. The molecule has 0 saturated carbocycles. The van der Waals surface area contributed by atoms with Gasteiger partial charge in [-0.2, -0.15) is 5.10 Å². The summed E-state index contributed by atoms with van der Waals surface area (Å²) >= 11 is 6.16. The van der Waals surface area contributed by atoms with E-state index in [4.69, 9.17) is 17.3 Å².